The molecular formula is C16H14Cl3N3O3. The average Bonchev–Trinajstić information content (AvgIpc) is 2.53. The third-order valence-electron chi connectivity index (χ3n) is 3.25. The number of benzene rings is 2. The average molecular weight is 403 g/mol. The van der Waals surface area contributed by atoms with Gasteiger partial charge in [0.15, 0.2) is 0 Å². The summed E-state index contributed by atoms with van der Waals surface area (Å²) in [5.41, 5.74) is 1.51. The van der Waals surface area contributed by atoms with E-state index in [0.29, 0.717) is 5.69 Å². The molecule has 0 aliphatic carbocycles. The monoisotopic (exact) mass is 401 g/mol. The fourth-order valence-corrected chi connectivity index (χ4v) is 2.40. The Kier molecular flexibility index (Phi) is 6.11. The number of nitrogens with zero attached hydrogens (tertiary/aromatic N) is 1. The lowest BCUT2D eigenvalue weighted by Gasteiger charge is -2.27. The van der Waals surface area contributed by atoms with Gasteiger partial charge in [-0.15, -0.1) is 0 Å². The Morgan fingerprint density at radius 1 is 1.16 bits per heavy atom. The van der Waals surface area contributed by atoms with Crippen LogP contribution in [0.15, 0.2) is 48.5 Å². The van der Waals surface area contributed by atoms with Crippen molar-refractivity contribution in [1.82, 2.24) is 5.32 Å². The van der Waals surface area contributed by atoms with Crippen molar-refractivity contribution < 1.29 is 9.72 Å². The minimum absolute atomic E-state index is 0.0829. The number of nitrogens with one attached hydrogen (secondary N) is 2. The van der Waals surface area contributed by atoms with Gasteiger partial charge in [0.1, 0.15) is 6.17 Å². The lowest BCUT2D eigenvalue weighted by molar-refractivity contribution is -0.384. The number of hydrogen-bond donors (Lipinski definition) is 2. The number of amides is 1. The van der Waals surface area contributed by atoms with Gasteiger partial charge in [-0.25, -0.2) is 0 Å². The van der Waals surface area contributed by atoms with Crippen molar-refractivity contribution >= 4 is 52.1 Å². The number of anilines is 1. The summed E-state index contributed by atoms with van der Waals surface area (Å²) in [4.78, 5) is 22.6. The number of nitro groups is 1. The third-order valence-corrected chi connectivity index (χ3v) is 3.91. The van der Waals surface area contributed by atoms with Crippen molar-refractivity contribution in [2.24, 2.45) is 0 Å². The van der Waals surface area contributed by atoms with Crippen LogP contribution in [0.4, 0.5) is 11.4 Å². The van der Waals surface area contributed by atoms with Gasteiger partial charge >= 0.3 is 0 Å². The van der Waals surface area contributed by atoms with Crippen LogP contribution in [0.25, 0.3) is 0 Å². The molecule has 2 N–H and O–H groups in total. The second-order valence-electron chi connectivity index (χ2n) is 5.27. The highest BCUT2D eigenvalue weighted by atomic mass is 35.6. The van der Waals surface area contributed by atoms with Gasteiger partial charge in [0.25, 0.3) is 11.6 Å². The molecule has 2 aromatic carbocycles. The number of aryl methyl sites for hydroxylation is 1. The second kappa shape index (κ2) is 7.91. The number of non-ortho nitro benzene ring substituents is 1. The highest BCUT2D eigenvalue weighted by Gasteiger charge is 2.34. The summed E-state index contributed by atoms with van der Waals surface area (Å²) in [6, 6.07) is 12.6. The molecule has 132 valence electrons. The number of halogens is 3. The molecule has 1 atom stereocenters. The number of nitro benzene ring substituents is 1. The third kappa shape index (κ3) is 5.49. The zero-order chi connectivity index (χ0) is 18.6. The van der Waals surface area contributed by atoms with E-state index in [1.54, 1.807) is 6.07 Å². The molecule has 0 radical (unpaired) electrons. The highest BCUT2D eigenvalue weighted by Crippen LogP contribution is 2.31. The molecule has 6 nitrogen and oxygen atoms in total. The van der Waals surface area contributed by atoms with Crippen LogP contribution in [-0.2, 0) is 0 Å². The van der Waals surface area contributed by atoms with Crippen LogP contribution in [0.5, 0.6) is 0 Å². The largest absolute Gasteiger partial charge is 0.362 e. The topological polar surface area (TPSA) is 84.3 Å². The molecular weight excluding hydrogens is 389 g/mol. The number of hydrogen-bond acceptors (Lipinski definition) is 4. The molecule has 0 aliphatic heterocycles. The van der Waals surface area contributed by atoms with Gasteiger partial charge in [-0.1, -0.05) is 53.0 Å². The fraction of sp³-hybridized carbons (Fsp3) is 0.188. The maximum atomic E-state index is 12.4. The predicted octanol–water partition coefficient (Wildman–Crippen LogP) is 4.44. The standard InChI is InChI=1S/C16H14Cl3N3O3/c1-10-4-2-6-12(8-10)20-15(16(17,18)19)21-14(23)11-5-3-7-13(9-11)22(24)25/h2-9,15,20H,1H3,(H,21,23)/t15-/m0/s1. The van der Waals surface area contributed by atoms with Crippen LogP contribution in [-0.4, -0.2) is 20.8 Å². The molecule has 9 heteroatoms. The lowest BCUT2D eigenvalue weighted by atomic mass is 10.2. The first kappa shape index (κ1) is 19.3. The van der Waals surface area contributed by atoms with Gasteiger partial charge < -0.3 is 10.6 Å². The summed E-state index contributed by atoms with van der Waals surface area (Å²) in [5, 5.41) is 16.3. The first-order chi connectivity index (χ1) is 11.7. The summed E-state index contributed by atoms with van der Waals surface area (Å²) < 4.78 is -1.85. The van der Waals surface area contributed by atoms with Crippen LogP contribution in [0.2, 0.25) is 0 Å². The van der Waals surface area contributed by atoms with Crippen molar-refractivity contribution in [3.63, 3.8) is 0 Å². The molecule has 0 aromatic heterocycles. The molecule has 0 saturated heterocycles. The normalized spacial score (nSPS) is 12.3. The fourth-order valence-electron chi connectivity index (χ4n) is 2.08. The molecule has 0 spiro atoms. The molecule has 0 unspecified atom stereocenters. The molecule has 2 aromatic rings. The SMILES string of the molecule is Cc1cccc(N[C@@H](NC(=O)c2cccc([N+](=O)[O-])c2)C(Cl)(Cl)Cl)c1. The van der Waals surface area contributed by atoms with Crippen molar-refractivity contribution in [1.29, 1.82) is 0 Å². The predicted molar refractivity (Wildman–Crippen MR) is 99.4 cm³/mol. The van der Waals surface area contributed by atoms with E-state index >= 15 is 0 Å². The first-order valence-electron chi connectivity index (χ1n) is 7.12. The zero-order valence-corrected chi connectivity index (χ0v) is 15.3. The molecule has 0 fully saturated rings. The van der Waals surface area contributed by atoms with Crippen LogP contribution in [0, 0.1) is 17.0 Å². The van der Waals surface area contributed by atoms with Gasteiger partial charge in [-0.3, -0.25) is 14.9 Å². The minimum Gasteiger partial charge on any atom is -0.362 e. The Balaban J connectivity index is 2.21. The quantitative estimate of drug-likeness (QED) is 0.335. The Morgan fingerprint density at radius 3 is 2.44 bits per heavy atom. The Hall–Kier alpha value is -2.02. The van der Waals surface area contributed by atoms with Gasteiger partial charge in [0.05, 0.1) is 4.92 Å². The first-order valence-corrected chi connectivity index (χ1v) is 8.25. The van der Waals surface area contributed by atoms with E-state index in [1.807, 2.05) is 25.1 Å². The summed E-state index contributed by atoms with van der Waals surface area (Å²) in [6.07, 6.45) is -1.05. The Labute approximate surface area is 159 Å². The summed E-state index contributed by atoms with van der Waals surface area (Å²) >= 11 is 17.8. The molecule has 1 amide bonds. The van der Waals surface area contributed by atoms with Crippen molar-refractivity contribution in [2.75, 3.05) is 5.32 Å². The Morgan fingerprint density at radius 2 is 1.84 bits per heavy atom. The maximum absolute atomic E-state index is 12.4. The van der Waals surface area contributed by atoms with Crippen LogP contribution >= 0.6 is 34.8 Å². The smallest absolute Gasteiger partial charge is 0.270 e. The number of rotatable bonds is 5. The molecule has 0 saturated carbocycles. The van der Waals surface area contributed by atoms with Crippen LogP contribution in [0.1, 0.15) is 15.9 Å². The molecule has 0 aliphatic rings. The van der Waals surface area contributed by atoms with Gasteiger partial charge in [-0.05, 0) is 30.7 Å². The molecule has 0 heterocycles. The highest BCUT2D eigenvalue weighted by molar-refractivity contribution is 6.68. The maximum Gasteiger partial charge on any atom is 0.270 e. The van der Waals surface area contributed by atoms with Crippen LogP contribution in [0.3, 0.4) is 0 Å². The summed E-state index contributed by atoms with van der Waals surface area (Å²) in [7, 11) is 0. The van der Waals surface area contributed by atoms with E-state index in [2.05, 4.69) is 10.6 Å². The molecule has 25 heavy (non-hydrogen) atoms. The zero-order valence-electron chi connectivity index (χ0n) is 13.0. The van der Waals surface area contributed by atoms with Crippen molar-refractivity contribution in [2.45, 2.75) is 16.9 Å². The van der Waals surface area contributed by atoms with E-state index in [-0.39, 0.29) is 11.3 Å². The van der Waals surface area contributed by atoms with E-state index < -0.39 is 20.8 Å². The van der Waals surface area contributed by atoms with Crippen molar-refractivity contribution in [3.05, 3.63) is 69.8 Å². The molecule has 0 bridgehead atoms. The van der Waals surface area contributed by atoms with Gasteiger partial charge in [0, 0.05) is 23.4 Å². The van der Waals surface area contributed by atoms with Gasteiger partial charge in [0.2, 0.25) is 3.79 Å². The minimum atomic E-state index is -1.85. The Bertz CT molecular complexity index is 793. The molecule has 2 rings (SSSR count). The second-order valence-corrected chi connectivity index (χ2v) is 7.64. The van der Waals surface area contributed by atoms with Crippen LogP contribution < -0.4 is 10.6 Å². The number of alkyl halides is 3. The van der Waals surface area contributed by atoms with E-state index in [1.165, 1.54) is 18.2 Å². The van der Waals surface area contributed by atoms with E-state index in [9.17, 15) is 14.9 Å². The number of carbonyl (C=O) groups is 1. The van der Waals surface area contributed by atoms with Gasteiger partial charge in [-0.2, -0.15) is 0 Å². The van der Waals surface area contributed by atoms with E-state index in [4.69, 9.17) is 34.8 Å². The summed E-state index contributed by atoms with van der Waals surface area (Å²) in [6.45, 7) is 1.90. The lowest BCUT2D eigenvalue weighted by Crippen LogP contribution is -2.49. The number of carbonyl (C=O) groups excluding carboxylic acids is 1. The van der Waals surface area contributed by atoms with E-state index in [0.717, 1.165) is 11.6 Å². The summed E-state index contributed by atoms with van der Waals surface area (Å²) in [5.74, 6) is -0.611. The van der Waals surface area contributed by atoms with Crippen molar-refractivity contribution in [3.8, 4) is 0 Å².